The van der Waals surface area contributed by atoms with E-state index in [0.717, 1.165) is 12.8 Å². The van der Waals surface area contributed by atoms with E-state index in [1.807, 2.05) is 6.07 Å². The first kappa shape index (κ1) is 14.5. The second-order valence-electron chi connectivity index (χ2n) is 5.33. The summed E-state index contributed by atoms with van der Waals surface area (Å²) < 4.78 is 0. The molecule has 5 heteroatoms. The van der Waals surface area contributed by atoms with Gasteiger partial charge in [0.05, 0.1) is 0 Å². The molecular formula is C15H20N2O3. The lowest BCUT2D eigenvalue weighted by Gasteiger charge is -2.28. The van der Waals surface area contributed by atoms with Gasteiger partial charge in [-0.15, -0.1) is 0 Å². The lowest BCUT2D eigenvalue weighted by molar-refractivity contribution is -0.145. The summed E-state index contributed by atoms with van der Waals surface area (Å²) in [4.78, 5) is 23.6. The Balaban J connectivity index is 2.25. The zero-order valence-electron chi connectivity index (χ0n) is 11.3. The Kier molecular flexibility index (Phi) is 4.39. The molecule has 1 heterocycles. The first-order chi connectivity index (χ1) is 9.54. The maximum atomic E-state index is 12.0. The maximum absolute atomic E-state index is 12.0. The van der Waals surface area contributed by atoms with E-state index < -0.39 is 11.5 Å². The first-order valence-electron chi connectivity index (χ1n) is 6.89. The molecule has 2 unspecified atom stereocenters. The zero-order chi connectivity index (χ0) is 14.6. The smallest absolute Gasteiger partial charge is 0.328 e. The summed E-state index contributed by atoms with van der Waals surface area (Å²) in [7, 11) is 0. The molecule has 2 rings (SSSR count). The average molecular weight is 276 g/mol. The summed E-state index contributed by atoms with van der Waals surface area (Å²) in [6, 6.07) is 8.72. The van der Waals surface area contributed by atoms with Crippen LogP contribution in [-0.4, -0.2) is 23.5 Å². The fourth-order valence-corrected chi connectivity index (χ4v) is 2.65. The number of aliphatic carboxylic acids is 1. The lowest BCUT2D eigenvalue weighted by atomic mass is 9.80. The third-order valence-corrected chi connectivity index (χ3v) is 3.89. The monoisotopic (exact) mass is 276 g/mol. The molecule has 0 spiro atoms. The van der Waals surface area contributed by atoms with Crippen molar-refractivity contribution in [1.82, 2.24) is 5.32 Å². The Morgan fingerprint density at radius 3 is 2.70 bits per heavy atom. The average Bonchev–Trinajstić information content (AvgIpc) is 2.65. The van der Waals surface area contributed by atoms with Crippen molar-refractivity contribution in [3.8, 4) is 0 Å². The molecule has 1 fully saturated rings. The maximum Gasteiger partial charge on any atom is 0.328 e. The molecule has 1 aliphatic heterocycles. The van der Waals surface area contributed by atoms with Gasteiger partial charge in [0.25, 0.3) is 0 Å². The number of carbonyl (C=O) groups is 2. The highest BCUT2D eigenvalue weighted by Gasteiger charge is 2.40. The molecule has 1 aromatic rings. The molecule has 1 aliphatic rings. The number of amides is 1. The summed E-state index contributed by atoms with van der Waals surface area (Å²) in [5.41, 5.74) is 5.14. The highest BCUT2D eigenvalue weighted by molar-refractivity contribution is 5.83. The van der Waals surface area contributed by atoms with Crippen molar-refractivity contribution >= 4 is 11.9 Å². The summed E-state index contributed by atoms with van der Waals surface area (Å²) in [5, 5.41) is 12.3. The Morgan fingerprint density at radius 1 is 1.35 bits per heavy atom. The predicted molar refractivity (Wildman–Crippen MR) is 74.9 cm³/mol. The largest absolute Gasteiger partial charge is 0.480 e. The SMILES string of the molecule is NC(CC1CCCCNC1=O)(C(=O)O)c1ccccc1. The van der Waals surface area contributed by atoms with Crippen LogP contribution in [0, 0.1) is 5.92 Å². The van der Waals surface area contributed by atoms with Crippen molar-refractivity contribution in [1.29, 1.82) is 0 Å². The van der Waals surface area contributed by atoms with Crippen LogP contribution in [0.3, 0.4) is 0 Å². The van der Waals surface area contributed by atoms with Crippen LogP contribution < -0.4 is 11.1 Å². The molecule has 4 N–H and O–H groups in total. The van der Waals surface area contributed by atoms with Crippen molar-refractivity contribution in [2.75, 3.05) is 6.54 Å². The fourth-order valence-electron chi connectivity index (χ4n) is 2.65. The minimum absolute atomic E-state index is 0.0884. The highest BCUT2D eigenvalue weighted by Crippen LogP contribution is 2.30. The van der Waals surface area contributed by atoms with Gasteiger partial charge in [-0.05, 0) is 24.8 Å². The third-order valence-electron chi connectivity index (χ3n) is 3.89. The van der Waals surface area contributed by atoms with Crippen LogP contribution in [0.15, 0.2) is 30.3 Å². The van der Waals surface area contributed by atoms with E-state index >= 15 is 0 Å². The number of rotatable bonds is 4. The van der Waals surface area contributed by atoms with Crippen molar-refractivity contribution < 1.29 is 14.7 Å². The summed E-state index contributed by atoms with van der Waals surface area (Å²) in [5.74, 6) is -1.53. The number of nitrogens with two attached hydrogens (primary N) is 1. The van der Waals surface area contributed by atoms with Gasteiger partial charge in [-0.3, -0.25) is 4.79 Å². The first-order valence-corrected chi connectivity index (χ1v) is 6.89. The molecular weight excluding hydrogens is 256 g/mol. The standard InChI is InChI=1S/C15H20N2O3/c16-15(14(19)20,12-7-2-1-3-8-12)10-11-6-4-5-9-17-13(11)18/h1-3,7-8,11H,4-6,9-10,16H2,(H,17,18)(H,19,20). The van der Waals surface area contributed by atoms with Gasteiger partial charge >= 0.3 is 5.97 Å². The minimum Gasteiger partial charge on any atom is -0.480 e. The molecule has 20 heavy (non-hydrogen) atoms. The zero-order valence-corrected chi connectivity index (χ0v) is 11.3. The van der Waals surface area contributed by atoms with Crippen molar-refractivity contribution in [3.63, 3.8) is 0 Å². The van der Waals surface area contributed by atoms with Gasteiger partial charge in [0.2, 0.25) is 5.91 Å². The molecule has 5 nitrogen and oxygen atoms in total. The summed E-state index contributed by atoms with van der Waals surface area (Å²) >= 11 is 0. The van der Waals surface area contributed by atoms with E-state index in [4.69, 9.17) is 5.73 Å². The number of nitrogens with one attached hydrogen (secondary N) is 1. The van der Waals surface area contributed by atoms with Crippen LogP contribution in [-0.2, 0) is 15.1 Å². The Hall–Kier alpha value is -1.88. The van der Waals surface area contributed by atoms with Gasteiger partial charge in [-0.2, -0.15) is 0 Å². The molecule has 0 aliphatic carbocycles. The van der Waals surface area contributed by atoms with E-state index in [1.165, 1.54) is 0 Å². The molecule has 0 aromatic heterocycles. The van der Waals surface area contributed by atoms with Gasteiger partial charge in [0.1, 0.15) is 5.54 Å². The van der Waals surface area contributed by atoms with Crippen LogP contribution in [0.2, 0.25) is 0 Å². The Bertz CT molecular complexity index is 489. The molecule has 1 aromatic carbocycles. The van der Waals surface area contributed by atoms with Crippen molar-refractivity contribution in [2.24, 2.45) is 11.7 Å². The van der Waals surface area contributed by atoms with E-state index in [-0.39, 0.29) is 18.2 Å². The van der Waals surface area contributed by atoms with E-state index in [1.54, 1.807) is 24.3 Å². The van der Waals surface area contributed by atoms with Gasteiger partial charge in [0, 0.05) is 12.5 Å². The number of carboxylic acids is 1. The second kappa shape index (κ2) is 6.05. The number of carboxylic acid groups (broad SMARTS) is 1. The number of hydrogen-bond acceptors (Lipinski definition) is 3. The highest BCUT2D eigenvalue weighted by atomic mass is 16.4. The topological polar surface area (TPSA) is 92.4 Å². The van der Waals surface area contributed by atoms with Crippen LogP contribution in [0.4, 0.5) is 0 Å². The number of benzene rings is 1. The van der Waals surface area contributed by atoms with Gasteiger partial charge in [-0.25, -0.2) is 4.79 Å². The normalized spacial score (nSPS) is 22.4. The predicted octanol–water partition coefficient (Wildman–Crippen LogP) is 1.23. The molecule has 0 bridgehead atoms. The summed E-state index contributed by atoms with van der Waals surface area (Å²) in [6.45, 7) is 0.658. The molecule has 108 valence electrons. The van der Waals surface area contributed by atoms with Crippen molar-refractivity contribution in [2.45, 2.75) is 31.2 Å². The van der Waals surface area contributed by atoms with Crippen molar-refractivity contribution in [3.05, 3.63) is 35.9 Å². The molecule has 1 saturated heterocycles. The van der Waals surface area contributed by atoms with E-state index in [0.29, 0.717) is 18.5 Å². The second-order valence-corrected chi connectivity index (χ2v) is 5.33. The van der Waals surface area contributed by atoms with Crippen LogP contribution >= 0.6 is 0 Å². The quantitative estimate of drug-likeness (QED) is 0.771. The minimum atomic E-state index is -1.52. The van der Waals surface area contributed by atoms with Crippen LogP contribution in [0.5, 0.6) is 0 Å². The molecule has 0 radical (unpaired) electrons. The Morgan fingerprint density at radius 2 is 2.05 bits per heavy atom. The van der Waals surface area contributed by atoms with Crippen LogP contribution in [0.1, 0.15) is 31.2 Å². The van der Waals surface area contributed by atoms with Gasteiger partial charge in [0.15, 0.2) is 0 Å². The van der Waals surface area contributed by atoms with Gasteiger partial charge < -0.3 is 16.2 Å². The van der Waals surface area contributed by atoms with Gasteiger partial charge in [-0.1, -0.05) is 36.8 Å². The molecule has 1 amide bonds. The third kappa shape index (κ3) is 2.99. The molecule has 2 atom stereocenters. The van der Waals surface area contributed by atoms with Crippen LogP contribution in [0.25, 0.3) is 0 Å². The fraction of sp³-hybridized carbons (Fsp3) is 0.467. The lowest BCUT2D eigenvalue weighted by Crippen LogP contribution is -2.48. The number of carbonyl (C=O) groups excluding carboxylic acids is 1. The summed E-state index contributed by atoms with van der Waals surface area (Å²) in [6.07, 6.45) is 2.65. The molecule has 0 saturated carbocycles. The number of hydrogen-bond donors (Lipinski definition) is 3. The Labute approximate surface area is 118 Å². The van der Waals surface area contributed by atoms with E-state index in [9.17, 15) is 14.7 Å². The van der Waals surface area contributed by atoms with E-state index in [2.05, 4.69) is 5.32 Å².